The summed E-state index contributed by atoms with van der Waals surface area (Å²) in [5, 5.41) is 7.54. The third-order valence-electron chi connectivity index (χ3n) is 3.40. The molecule has 0 unspecified atom stereocenters. The number of nitrogens with one attached hydrogen (secondary N) is 1. The van der Waals surface area contributed by atoms with Crippen LogP contribution in [-0.4, -0.2) is 22.3 Å². The molecule has 0 aliphatic rings. The second-order valence-electron chi connectivity index (χ2n) is 5.27. The Morgan fingerprint density at radius 2 is 2.04 bits per heavy atom. The molecule has 0 radical (unpaired) electrons. The average Bonchev–Trinajstić information content (AvgIpc) is 3.09. The number of halogens is 2. The van der Waals surface area contributed by atoms with Gasteiger partial charge < -0.3 is 10.1 Å². The largest absolute Gasteiger partial charge is 0.482 e. The van der Waals surface area contributed by atoms with Crippen LogP contribution < -0.4 is 10.1 Å². The molecule has 3 aromatic rings. The van der Waals surface area contributed by atoms with Gasteiger partial charge >= 0.3 is 0 Å². The van der Waals surface area contributed by atoms with Crippen LogP contribution in [0.4, 0.5) is 0 Å². The van der Waals surface area contributed by atoms with Crippen LogP contribution in [0.5, 0.6) is 5.75 Å². The van der Waals surface area contributed by atoms with E-state index in [4.69, 9.17) is 16.3 Å². The third kappa shape index (κ3) is 4.84. The van der Waals surface area contributed by atoms with Gasteiger partial charge in [-0.1, -0.05) is 45.7 Å². The maximum atomic E-state index is 11.9. The molecule has 0 atom stereocenters. The number of hydrogen-bond acceptors (Lipinski definition) is 3. The van der Waals surface area contributed by atoms with E-state index in [1.165, 1.54) is 0 Å². The van der Waals surface area contributed by atoms with Crippen LogP contribution in [0.1, 0.15) is 5.56 Å². The van der Waals surface area contributed by atoms with Gasteiger partial charge in [-0.3, -0.25) is 4.79 Å². The summed E-state index contributed by atoms with van der Waals surface area (Å²) in [6.45, 7) is 0.275. The van der Waals surface area contributed by atoms with E-state index in [0.29, 0.717) is 17.3 Å². The Morgan fingerprint density at radius 3 is 2.80 bits per heavy atom. The summed E-state index contributed by atoms with van der Waals surface area (Å²) in [6, 6.07) is 15.0. The first-order chi connectivity index (χ1) is 12.1. The minimum absolute atomic E-state index is 0.103. The molecule has 1 aromatic heterocycles. The number of ether oxygens (including phenoxy) is 1. The zero-order valence-electron chi connectivity index (χ0n) is 13.2. The Morgan fingerprint density at radius 1 is 1.24 bits per heavy atom. The minimum Gasteiger partial charge on any atom is -0.482 e. The topological polar surface area (TPSA) is 56.1 Å². The molecule has 1 amide bonds. The van der Waals surface area contributed by atoms with Crippen molar-refractivity contribution in [3.05, 3.63) is 76.0 Å². The molecule has 0 spiro atoms. The van der Waals surface area contributed by atoms with Crippen LogP contribution >= 0.6 is 27.5 Å². The van der Waals surface area contributed by atoms with Gasteiger partial charge in [0.2, 0.25) is 0 Å². The lowest BCUT2D eigenvalue weighted by atomic mass is 10.3. The van der Waals surface area contributed by atoms with Gasteiger partial charge in [0.05, 0.1) is 16.9 Å². The van der Waals surface area contributed by atoms with Gasteiger partial charge in [0.15, 0.2) is 6.61 Å². The van der Waals surface area contributed by atoms with Gasteiger partial charge in [-0.15, -0.1) is 0 Å². The van der Waals surface area contributed by atoms with Crippen molar-refractivity contribution in [3.63, 3.8) is 0 Å². The number of rotatable bonds is 6. The molecule has 3 rings (SSSR count). The van der Waals surface area contributed by atoms with Gasteiger partial charge in [-0.25, -0.2) is 4.68 Å². The number of nitrogens with zero attached hydrogens (tertiary/aromatic N) is 2. The van der Waals surface area contributed by atoms with Crippen molar-refractivity contribution in [3.8, 4) is 11.4 Å². The lowest BCUT2D eigenvalue weighted by Crippen LogP contribution is -2.28. The Labute approximate surface area is 158 Å². The van der Waals surface area contributed by atoms with Crippen molar-refractivity contribution in [1.29, 1.82) is 0 Å². The van der Waals surface area contributed by atoms with Gasteiger partial charge in [-0.05, 0) is 30.3 Å². The fourth-order valence-corrected chi connectivity index (χ4v) is 2.89. The first kappa shape index (κ1) is 17.5. The van der Waals surface area contributed by atoms with Crippen LogP contribution in [0.2, 0.25) is 5.02 Å². The summed E-state index contributed by atoms with van der Waals surface area (Å²) >= 11 is 9.37. The van der Waals surface area contributed by atoms with E-state index in [-0.39, 0.29) is 12.5 Å². The third-order valence-corrected chi connectivity index (χ3v) is 4.19. The Hall–Kier alpha value is -2.31. The highest BCUT2D eigenvalue weighted by molar-refractivity contribution is 9.10. The van der Waals surface area contributed by atoms with Crippen molar-refractivity contribution >= 4 is 33.4 Å². The Bertz CT molecular complexity index is 868. The predicted molar refractivity (Wildman–Crippen MR) is 100 cm³/mol. The number of carbonyl (C=O) groups is 1. The highest BCUT2D eigenvalue weighted by Gasteiger charge is 2.07. The van der Waals surface area contributed by atoms with E-state index in [2.05, 4.69) is 26.3 Å². The number of aromatic nitrogens is 2. The molecule has 25 heavy (non-hydrogen) atoms. The van der Waals surface area contributed by atoms with Crippen molar-refractivity contribution in [2.75, 3.05) is 6.61 Å². The van der Waals surface area contributed by atoms with Gasteiger partial charge in [0.25, 0.3) is 5.91 Å². The molecule has 0 aliphatic heterocycles. The second kappa shape index (κ2) is 8.18. The van der Waals surface area contributed by atoms with Crippen LogP contribution in [0.3, 0.4) is 0 Å². The first-order valence-electron chi connectivity index (χ1n) is 7.55. The van der Waals surface area contributed by atoms with E-state index in [9.17, 15) is 4.79 Å². The van der Waals surface area contributed by atoms with E-state index < -0.39 is 0 Å². The highest BCUT2D eigenvalue weighted by Crippen LogP contribution is 2.27. The molecule has 2 aromatic carbocycles. The molecule has 0 fully saturated rings. The zero-order chi connectivity index (χ0) is 17.6. The van der Waals surface area contributed by atoms with Crippen molar-refractivity contribution < 1.29 is 9.53 Å². The average molecular weight is 421 g/mol. The first-order valence-corrected chi connectivity index (χ1v) is 8.72. The van der Waals surface area contributed by atoms with Crippen molar-refractivity contribution in [2.24, 2.45) is 0 Å². The fraction of sp³-hybridized carbons (Fsp3) is 0.111. The predicted octanol–water partition coefficient (Wildman–Crippen LogP) is 3.98. The SMILES string of the molecule is O=C(COc1ccc(Br)cc1Cl)NCc1cnn(-c2ccccc2)c1. The number of para-hydroxylation sites is 1. The quantitative estimate of drug-likeness (QED) is 0.656. The zero-order valence-corrected chi connectivity index (χ0v) is 15.5. The molecule has 1 heterocycles. The summed E-state index contributed by atoms with van der Waals surface area (Å²) in [7, 11) is 0. The smallest absolute Gasteiger partial charge is 0.258 e. The molecular weight excluding hydrogens is 406 g/mol. The maximum Gasteiger partial charge on any atom is 0.258 e. The molecular formula is C18H15BrClN3O2. The van der Waals surface area contributed by atoms with E-state index in [0.717, 1.165) is 15.7 Å². The van der Waals surface area contributed by atoms with Crippen molar-refractivity contribution in [1.82, 2.24) is 15.1 Å². The lowest BCUT2D eigenvalue weighted by molar-refractivity contribution is -0.123. The Balaban J connectivity index is 1.50. The van der Waals surface area contributed by atoms with Crippen molar-refractivity contribution in [2.45, 2.75) is 6.54 Å². The molecule has 0 saturated carbocycles. The van der Waals surface area contributed by atoms with Crippen LogP contribution in [0.15, 0.2) is 65.4 Å². The number of benzene rings is 2. The van der Waals surface area contributed by atoms with E-state index in [1.807, 2.05) is 36.5 Å². The standard InChI is InChI=1S/C18H15BrClN3O2/c19-14-6-7-17(16(20)8-14)25-12-18(24)21-9-13-10-22-23(11-13)15-4-2-1-3-5-15/h1-8,10-11H,9,12H2,(H,21,24). The molecule has 128 valence electrons. The lowest BCUT2D eigenvalue weighted by Gasteiger charge is -2.08. The van der Waals surface area contributed by atoms with E-state index in [1.54, 1.807) is 29.1 Å². The number of amides is 1. The van der Waals surface area contributed by atoms with Gasteiger partial charge in [0.1, 0.15) is 5.75 Å². The summed E-state index contributed by atoms with van der Waals surface area (Å²) in [5.74, 6) is 0.239. The molecule has 0 bridgehead atoms. The van der Waals surface area contributed by atoms with Gasteiger partial charge in [-0.2, -0.15) is 5.10 Å². The Kier molecular flexibility index (Phi) is 5.73. The minimum atomic E-state index is -0.230. The summed E-state index contributed by atoms with van der Waals surface area (Å²) in [6.07, 6.45) is 3.60. The summed E-state index contributed by atoms with van der Waals surface area (Å²) in [5.41, 5.74) is 1.87. The second-order valence-corrected chi connectivity index (χ2v) is 6.59. The number of carbonyl (C=O) groups excluding carboxylic acids is 1. The molecule has 7 heteroatoms. The monoisotopic (exact) mass is 419 g/mol. The highest BCUT2D eigenvalue weighted by atomic mass is 79.9. The fourth-order valence-electron chi connectivity index (χ4n) is 2.16. The molecule has 0 saturated heterocycles. The maximum absolute atomic E-state index is 11.9. The summed E-state index contributed by atoms with van der Waals surface area (Å²) < 4.78 is 8.05. The van der Waals surface area contributed by atoms with E-state index >= 15 is 0 Å². The van der Waals surface area contributed by atoms with Gasteiger partial charge in [0, 0.05) is 22.8 Å². The van der Waals surface area contributed by atoms with Crippen LogP contribution in [0.25, 0.3) is 5.69 Å². The van der Waals surface area contributed by atoms with Crippen LogP contribution in [-0.2, 0) is 11.3 Å². The number of hydrogen-bond donors (Lipinski definition) is 1. The van der Waals surface area contributed by atoms with Crippen LogP contribution in [0, 0.1) is 0 Å². The normalized spacial score (nSPS) is 10.5. The molecule has 1 N–H and O–H groups in total. The summed E-state index contributed by atoms with van der Waals surface area (Å²) in [4.78, 5) is 11.9. The molecule has 0 aliphatic carbocycles. The molecule has 5 nitrogen and oxygen atoms in total.